The highest BCUT2D eigenvalue weighted by atomic mass is 79.9. The summed E-state index contributed by atoms with van der Waals surface area (Å²) in [6, 6.07) is 3.50. The summed E-state index contributed by atoms with van der Waals surface area (Å²) in [4.78, 5) is 12.2. The van der Waals surface area contributed by atoms with Gasteiger partial charge in [-0.05, 0) is 52.9 Å². The van der Waals surface area contributed by atoms with Gasteiger partial charge in [0.2, 0.25) is 0 Å². The van der Waals surface area contributed by atoms with E-state index in [0.29, 0.717) is 28.7 Å². The molecule has 25 heavy (non-hydrogen) atoms. The van der Waals surface area contributed by atoms with Gasteiger partial charge in [0.15, 0.2) is 0 Å². The molecular formula is C19H29BrN2O3. The van der Waals surface area contributed by atoms with Crippen molar-refractivity contribution < 1.29 is 14.6 Å². The highest BCUT2D eigenvalue weighted by Crippen LogP contribution is 2.32. The average molecular weight is 413 g/mol. The fourth-order valence-corrected chi connectivity index (χ4v) is 3.92. The second-order valence-corrected chi connectivity index (χ2v) is 7.65. The van der Waals surface area contributed by atoms with Gasteiger partial charge in [0.25, 0.3) is 0 Å². The van der Waals surface area contributed by atoms with Crippen molar-refractivity contribution in [3.8, 4) is 0 Å². The van der Waals surface area contributed by atoms with E-state index in [1.807, 2.05) is 0 Å². The van der Waals surface area contributed by atoms with E-state index in [0.717, 1.165) is 12.0 Å². The standard InChI is InChI=1S/C19H29BrN2O3/c1-2-19(7-4-3-5-8-19)22-13-15-11-14(12-16(20)17(15)21)18(24)25-10-6-9-23/h11-12,22-23H,2-10,13,21H2,1H3. The van der Waals surface area contributed by atoms with Gasteiger partial charge in [-0.25, -0.2) is 4.79 Å². The van der Waals surface area contributed by atoms with Gasteiger partial charge in [0.1, 0.15) is 0 Å². The van der Waals surface area contributed by atoms with E-state index in [1.165, 1.54) is 32.1 Å². The van der Waals surface area contributed by atoms with E-state index >= 15 is 0 Å². The van der Waals surface area contributed by atoms with Crippen LogP contribution in [0, 0.1) is 0 Å². The summed E-state index contributed by atoms with van der Waals surface area (Å²) in [5, 5.41) is 12.5. The summed E-state index contributed by atoms with van der Waals surface area (Å²) in [5.41, 5.74) is 8.41. The molecule has 4 N–H and O–H groups in total. The molecule has 1 aliphatic rings. The Labute approximate surface area is 158 Å². The van der Waals surface area contributed by atoms with Gasteiger partial charge < -0.3 is 20.9 Å². The van der Waals surface area contributed by atoms with Crippen LogP contribution < -0.4 is 11.1 Å². The molecule has 2 rings (SSSR count). The van der Waals surface area contributed by atoms with Crippen LogP contribution in [0.1, 0.15) is 67.8 Å². The molecule has 0 aromatic heterocycles. The number of hydrogen-bond acceptors (Lipinski definition) is 5. The number of carbonyl (C=O) groups is 1. The number of esters is 1. The lowest BCUT2D eigenvalue weighted by Gasteiger charge is -2.38. The quantitative estimate of drug-likeness (QED) is 0.343. The van der Waals surface area contributed by atoms with E-state index in [1.54, 1.807) is 12.1 Å². The van der Waals surface area contributed by atoms with Crippen LogP contribution in [0.4, 0.5) is 5.69 Å². The van der Waals surface area contributed by atoms with Gasteiger partial charge in [-0.3, -0.25) is 0 Å². The fourth-order valence-electron chi connectivity index (χ4n) is 3.42. The number of carbonyl (C=O) groups excluding carboxylic acids is 1. The molecule has 1 aliphatic carbocycles. The molecule has 1 saturated carbocycles. The van der Waals surface area contributed by atoms with Crippen LogP contribution >= 0.6 is 15.9 Å². The van der Waals surface area contributed by atoms with E-state index < -0.39 is 5.97 Å². The minimum atomic E-state index is -0.390. The molecule has 5 nitrogen and oxygen atoms in total. The first kappa shape index (κ1) is 20.2. The van der Waals surface area contributed by atoms with Gasteiger partial charge in [0.05, 0.1) is 17.9 Å². The number of nitrogen functional groups attached to an aromatic ring is 1. The Kier molecular flexibility index (Phi) is 7.72. The van der Waals surface area contributed by atoms with Crippen LogP contribution in [-0.4, -0.2) is 29.8 Å². The maximum Gasteiger partial charge on any atom is 0.338 e. The Balaban J connectivity index is 2.10. The summed E-state index contributed by atoms with van der Waals surface area (Å²) >= 11 is 3.44. The van der Waals surface area contributed by atoms with E-state index in [2.05, 4.69) is 28.2 Å². The van der Waals surface area contributed by atoms with Gasteiger partial charge in [-0.1, -0.05) is 26.2 Å². The van der Waals surface area contributed by atoms with Crippen LogP contribution in [-0.2, 0) is 11.3 Å². The average Bonchev–Trinajstić information content (AvgIpc) is 2.63. The lowest BCUT2D eigenvalue weighted by Crippen LogP contribution is -2.45. The first-order valence-corrected chi connectivity index (χ1v) is 9.91. The van der Waals surface area contributed by atoms with Crippen molar-refractivity contribution in [1.82, 2.24) is 5.32 Å². The highest BCUT2D eigenvalue weighted by molar-refractivity contribution is 9.10. The Morgan fingerprint density at radius 1 is 1.36 bits per heavy atom. The van der Waals surface area contributed by atoms with Crippen molar-refractivity contribution in [3.63, 3.8) is 0 Å². The fraction of sp³-hybridized carbons (Fsp3) is 0.632. The molecule has 0 aliphatic heterocycles. The maximum atomic E-state index is 12.2. The zero-order chi connectivity index (χ0) is 18.3. The number of benzene rings is 1. The minimum Gasteiger partial charge on any atom is -0.462 e. The monoisotopic (exact) mass is 412 g/mol. The van der Waals surface area contributed by atoms with Crippen LogP contribution in [0.15, 0.2) is 16.6 Å². The van der Waals surface area contributed by atoms with Crippen molar-refractivity contribution in [1.29, 1.82) is 0 Å². The molecule has 0 amide bonds. The van der Waals surface area contributed by atoms with Gasteiger partial charge in [-0.15, -0.1) is 0 Å². The largest absolute Gasteiger partial charge is 0.462 e. The molecule has 0 bridgehead atoms. The number of nitrogens with two attached hydrogens (primary N) is 1. The van der Waals surface area contributed by atoms with Crippen molar-refractivity contribution in [3.05, 3.63) is 27.7 Å². The second-order valence-electron chi connectivity index (χ2n) is 6.79. The minimum absolute atomic E-state index is 0.00693. The molecule has 0 spiro atoms. The molecule has 1 fully saturated rings. The number of nitrogens with one attached hydrogen (secondary N) is 1. The number of hydrogen-bond donors (Lipinski definition) is 3. The molecule has 140 valence electrons. The zero-order valence-corrected chi connectivity index (χ0v) is 16.5. The zero-order valence-electron chi connectivity index (χ0n) is 14.9. The SMILES string of the molecule is CCC1(NCc2cc(C(=O)OCCCO)cc(Br)c2N)CCCCC1. The van der Waals surface area contributed by atoms with Crippen molar-refractivity contribution >= 4 is 27.6 Å². The topological polar surface area (TPSA) is 84.6 Å². The Morgan fingerprint density at radius 2 is 2.08 bits per heavy atom. The van der Waals surface area contributed by atoms with Crippen LogP contribution in [0.25, 0.3) is 0 Å². The third kappa shape index (κ3) is 5.43. The highest BCUT2D eigenvalue weighted by Gasteiger charge is 2.29. The summed E-state index contributed by atoms with van der Waals surface area (Å²) in [6.45, 7) is 3.08. The molecule has 0 saturated heterocycles. The van der Waals surface area contributed by atoms with E-state index in [4.69, 9.17) is 15.6 Å². The predicted octanol–water partition coefficient (Wildman–Crippen LogP) is 3.77. The van der Waals surface area contributed by atoms with Crippen molar-refractivity contribution in [2.24, 2.45) is 0 Å². The smallest absolute Gasteiger partial charge is 0.338 e. The molecule has 0 atom stereocenters. The first-order valence-electron chi connectivity index (χ1n) is 9.12. The normalized spacial score (nSPS) is 16.6. The summed E-state index contributed by atoms with van der Waals surface area (Å²) in [7, 11) is 0. The van der Waals surface area contributed by atoms with Crippen molar-refractivity contribution in [2.45, 2.75) is 64.0 Å². The van der Waals surface area contributed by atoms with Gasteiger partial charge >= 0.3 is 5.97 Å². The predicted molar refractivity (Wildman–Crippen MR) is 103 cm³/mol. The maximum absolute atomic E-state index is 12.2. The Bertz CT molecular complexity index is 586. The molecule has 0 unspecified atom stereocenters. The number of rotatable bonds is 8. The molecule has 1 aromatic rings. The van der Waals surface area contributed by atoms with E-state index in [-0.39, 0.29) is 18.8 Å². The van der Waals surface area contributed by atoms with Crippen LogP contribution in [0.3, 0.4) is 0 Å². The summed E-state index contributed by atoms with van der Waals surface area (Å²) in [5.74, 6) is -0.390. The molecule has 0 heterocycles. The van der Waals surface area contributed by atoms with Gasteiger partial charge in [-0.2, -0.15) is 0 Å². The lowest BCUT2D eigenvalue weighted by atomic mass is 9.79. The third-order valence-electron chi connectivity index (χ3n) is 5.13. The Morgan fingerprint density at radius 3 is 2.72 bits per heavy atom. The summed E-state index contributed by atoms with van der Waals surface area (Å²) < 4.78 is 5.88. The summed E-state index contributed by atoms with van der Waals surface area (Å²) in [6.07, 6.45) is 7.74. The molecule has 1 aromatic carbocycles. The van der Waals surface area contributed by atoms with Crippen LogP contribution in [0.2, 0.25) is 0 Å². The van der Waals surface area contributed by atoms with Gasteiger partial charge in [0, 0.05) is 29.6 Å². The van der Waals surface area contributed by atoms with Crippen molar-refractivity contribution in [2.75, 3.05) is 18.9 Å². The molecule has 0 radical (unpaired) electrons. The number of aliphatic hydroxyl groups is 1. The Hall–Kier alpha value is -1.11. The second kappa shape index (κ2) is 9.55. The number of aliphatic hydroxyl groups excluding tert-OH is 1. The lowest BCUT2D eigenvalue weighted by molar-refractivity contribution is 0.0482. The number of anilines is 1. The number of ether oxygens (including phenoxy) is 1. The first-order chi connectivity index (χ1) is 12.0. The third-order valence-corrected chi connectivity index (χ3v) is 5.78. The molecular weight excluding hydrogens is 384 g/mol. The number of halogens is 1. The van der Waals surface area contributed by atoms with Crippen LogP contribution in [0.5, 0.6) is 0 Å². The van der Waals surface area contributed by atoms with E-state index in [9.17, 15) is 4.79 Å². The molecule has 6 heteroatoms.